The van der Waals surface area contributed by atoms with E-state index in [0.29, 0.717) is 11.5 Å². The molecule has 0 radical (unpaired) electrons. The fourth-order valence-corrected chi connectivity index (χ4v) is 2.12. The lowest BCUT2D eigenvalue weighted by molar-refractivity contribution is -0.121. The minimum Gasteiger partial charge on any atom is -0.486 e. The second kappa shape index (κ2) is 4.85. The summed E-state index contributed by atoms with van der Waals surface area (Å²) in [5, 5.41) is 0. The Labute approximate surface area is 105 Å². The molecule has 1 aromatic carbocycles. The lowest BCUT2D eigenvalue weighted by atomic mass is 10.2. The number of carbonyl (C=O) groups excluding carboxylic acids is 1. The molecule has 0 aromatic heterocycles. The fraction of sp³-hybridized carbons (Fsp3) is 0.364. The quantitative estimate of drug-likeness (QED) is 0.854. The van der Waals surface area contributed by atoms with Gasteiger partial charge in [-0.2, -0.15) is 0 Å². The van der Waals surface area contributed by atoms with Crippen molar-refractivity contribution >= 4 is 15.9 Å². The largest absolute Gasteiger partial charge is 0.486 e. The van der Waals surface area contributed by atoms with Crippen molar-refractivity contribution in [2.24, 2.45) is 0 Å². The first-order valence-corrected chi connectivity index (χ1v) is 7.22. The van der Waals surface area contributed by atoms with Gasteiger partial charge in [0.25, 0.3) is 0 Å². The Morgan fingerprint density at radius 1 is 1.39 bits per heavy atom. The van der Waals surface area contributed by atoms with Crippen LogP contribution in [0.15, 0.2) is 24.3 Å². The Balaban J connectivity index is 1.96. The van der Waals surface area contributed by atoms with Gasteiger partial charge in [-0.1, -0.05) is 12.1 Å². The van der Waals surface area contributed by atoms with Crippen LogP contribution in [-0.4, -0.2) is 33.3 Å². The Morgan fingerprint density at radius 2 is 2.06 bits per heavy atom. The molecule has 0 saturated heterocycles. The summed E-state index contributed by atoms with van der Waals surface area (Å²) in [6, 6.07) is 7.11. The number of hydrogen-bond donors (Lipinski definition) is 1. The van der Waals surface area contributed by atoms with Crippen LogP contribution in [0.3, 0.4) is 0 Å². The van der Waals surface area contributed by atoms with Crippen LogP contribution in [0.4, 0.5) is 0 Å². The van der Waals surface area contributed by atoms with Crippen molar-refractivity contribution in [2.45, 2.75) is 12.5 Å². The number of fused-ring (bicyclic) bond motifs is 1. The van der Waals surface area contributed by atoms with Gasteiger partial charge < -0.3 is 9.47 Å². The molecule has 0 saturated carbocycles. The molecule has 7 heteroatoms. The van der Waals surface area contributed by atoms with Gasteiger partial charge in [0.15, 0.2) is 11.5 Å². The third kappa shape index (κ3) is 3.36. The Hall–Kier alpha value is -1.76. The van der Waals surface area contributed by atoms with Gasteiger partial charge in [0.1, 0.15) is 12.7 Å². The zero-order valence-corrected chi connectivity index (χ0v) is 10.6. The predicted molar refractivity (Wildman–Crippen MR) is 64.0 cm³/mol. The summed E-state index contributed by atoms with van der Waals surface area (Å²) in [6.45, 7) is 0.216. The Kier molecular flexibility index (Phi) is 3.42. The van der Waals surface area contributed by atoms with Crippen molar-refractivity contribution in [1.29, 1.82) is 0 Å². The van der Waals surface area contributed by atoms with Gasteiger partial charge >= 0.3 is 0 Å². The van der Waals surface area contributed by atoms with Gasteiger partial charge in [0.05, 0.1) is 12.7 Å². The van der Waals surface area contributed by atoms with Crippen LogP contribution >= 0.6 is 0 Å². The topological polar surface area (TPSA) is 81.7 Å². The number of sulfonamides is 1. The molecule has 18 heavy (non-hydrogen) atoms. The molecule has 1 aromatic rings. The Bertz CT molecular complexity index is 554. The van der Waals surface area contributed by atoms with E-state index in [2.05, 4.69) is 0 Å². The summed E-state index contributed by atoms with van der Waals surface area (Å²) in [5.41, 5.74) is 0. The molecule has 1 amide bonds. The van der Waals surface area contributed by atoms with Gasteiger partial charge in [-0.05, 0) is 12.1 Å². The number of nitrogens with one attached hydrogen (secondary N) is 1. The maximum Gasteiger partial charge on any atom is 0.237 e. The van der Waals surface area contributed by atoms with E-state index in [1.165, 1.54) is 0 Å². The molecule has 0 spiro atoms. The zero-order chi connectivity index (χ0) is 13.2. The van der Waals surface area contributed by atoms with Gasteiger partial charge in [-0.15, -0.1) is 0 Å². The third-order valence-electron chi connectivity index (χ3n) is 2.28. The molecule has 1 heterocycles. The van der Waals surface area contributed by atoms with Crippen molar-refractivity contribution in [1.82, 2.24) is 4.72 Å². The first kappa shape index (κ1) is 12.7. The van der Waals surface area contributed by atoms with Crippen molar-refractivity contribution in [2.75, 3.05) is 12.9 Å². The number of ether oxygens (including phenoxy) is 2. The average molecular weight is 271 g/mol. The maximum atomic E-state index is 11.4. The SMILES string of the molecule is CS(=O)(=O)NC(=O)CC1COc2ccccc2O1. The van der Waals surface area contributed by atoms with Crippen LogP contribution in [0, 0.1) is 0 Å². The standard InChI is InChI=1S/C11H13NO5S/c1-18(14,15)12-11(13)6-8-7-16-9-4-2-3-5-10(9)17-8/h2-5,8H,6-7H2,1H3,(H,12,13). The van der Waals surface area contributed by atoms with Crippen LogP contribution in [-0.2, 0) is 14.8 Å². The van der Waals surface area contributed by atoms with Gasteiger partial charge in [-0.3, -0.25) is 9.52 Å². The van der Waals surface area contributed by atoms with E-state index >= 15 is 0 Å². The summed E-state index contributed by atoms with van der Waals surface area (Å²) in [6.07, 6.45) is 0.376. The molecule has 0 fully saturated rings. The average Bonchev–Trinajstić information content (AvgIpc) is 2.26. The minimum absolute atomic E-state index is 0.0681. The van der Waals surface area contributed by atoms with E-state index in [-0.39, 0.29) is 13.0 Å². The van der Waals surface area contributed by atoms with Crippen molar-refractivity contribution in [3.8, 4) is 11.5 Å². The summed E-state index contributed by atoms with van der Waals surface area (Å²) in [7, 11) is -3.53. The molecular weight excluding hydrogens is 258 g/mol. The molecule has 1 atom stereocenters. The first-order valence-electron chi connectivity index (χ1n) is 5.33. The van der Waals surface area contributed by atoms with E-state index in [9.17, 15) is 13.2 Å². The number of carbonyl (C=O) groups is 1. The fourth-order valence-electron chi connectivity index (χ4n) is 1.62. The highest BCUT2D eigenvalue weighted by atomic mass is 32.2. The summed E-state index contributed by atoms with van der Waals surface area (Å²) in [5.74, 6) is 0.573. The van der Waals surface area contributed by atoms with Crippen LogP contribution in [0.5, 0.6) is 11.5 Å². The highest BCUT2D eigenvalue weighted by Crippen LogP contribution is 2.31. The maximum absolute atomic E-state index is 11.4. The molecule has 0 bridgehead atoms. The van der Waals surface area contributed by atoms with E-state index in [4.69, 9.17) is 9.47 Å². The lowest BCUT2D eigenvalue weighted by Gasteiger charge is -2.25. The van der Waals surface area contributed by atoms with Crippen molar-refractivity contribution in [3.63, 3.8) is 0 Å². The molecular formula is C11H13NO5S. The monoisotopic (exact) mass is 271 g/mol. The third-order valence-corrected chi connectivity index (χ3v) is 2.88. The molecule has 1 unspecified atom stereocenters. The van der Waals surface area contributed by atoms with Crippen LogP contribution in [0.25, 0.3) is 0 Å². The number of amides is 1. The first-order chi connectivity index (χ1) is 8.44. The number of benzene rings is 1. The Morgan fingerprint density at radius 3 is 2.72 bits per heavy atom. The van der Waals surface area contributed by atoms with Crippen LogP contribution in [0.1, 0.15) is 6.42 Å². The number of hydrogen-bond acceptors (Lipinski definition) is 5. The van der Waals surface area contributed by atoms with Crippen molar-refractivity contribution in [3.05, 3.63) is 24.3 Å². The molecule has 2 rings (SSSR count). The highest BCUT2D eigenvalue weighted by molar-refractivity contribution is 7.89. The minimum atomic E-state index is -3.53. The van der Waals surface area contributed by atoms with E-state index in [0.717, 1.165) is 6.26 Å². The summed E-state index contributed by atoms with van der Waals surface area (Å²) in [4.78, 5) is 11.4. The molecule has 1 aliphatic rings. The van der Waals surface area contributed by atoms with Crippen LogP contribution in [0.2, 0.25) is 0 Å². The lowest BCUT2D eigenvalue weighted by Crippen LogP contribution is -2.37. The van der Waals surface area contributed by atoms with Gasteiger partial charge in [0.2, 0.25) is 15.9 Å². The van der Waals surface area contributed by atoms with Crippen molar-refractivity contribution < 1.29 is 22.7 Å². The second-order valence-corrected chi connectivity index (χ2v) is 5.75. The predicted octanol–water partition coefficient (Wildman–Crippen LogP) is 0.292. The molecule has 98 valence electrons. The highest BCUT2D eigenvalue weighted by Gasteiger charge is 2.24. The van der Waals surface area contributed by atoms with E-state index < -0.39 is 22.0 Å². The van der Waals surface area contributed by atoms with E-state index in [1.54, 1.807) is 18.2 Å². The molecule has 6 nitrogen and oxygen atoms in total. The molecule has 0 aliphatic carbocycles. The summed E-state index contributed by atoms with van der Waals surface area (Å²) < 4.78 is 34.6. The number of para-hydroxylation sites is 2. The van der Waals surface area contributed by atoms with E-state index in [1.807, 2.05) is 10.8 Å². The smallest absolute Gasteiger partial charge is 0.237 e. The molecule has 1 N–H and O–H groups in total. The second-order valence-electron chi connectivity index (χ2n) is 4.00. The van der Waals surface area contributed by atoms with Crippen LogP contribution < -0.4 is 14.2 Å². The van der Waals surface area contributed by atoms with Gasteiger partial charge in [0, 0.05) is 0 Å². The number of rotatable bonds is 3. The molecule has 1 aliphatic heterocycles. The van der Waals surface area contributed by atoms with Gasteiger partial charge in [-0.25, -0.2) is 8.42 Å². The summed E-state index contributed by atoms with van der Waals surface area (Å²) >= 11 is 0. The normalized spacial score (nSPS) is 18.2. The zero-order valence-electron chi connectivity index (χ0n) is 9.75.